The molecule has 3 nitrogen and oxygen atoms in total. The zero-order valence-corrected chi connectivity index (χ0v) is 13.5. The van der Waals surface area contributed by atoms with Gasteiger partial charge in [0.05, 0.1) is 5.56 Å². The fraction of sp³-hybridized carbons (Fsp3) is 0.333. The molecule has 1 unspecified atom stereocenters. The molecule has 0 aliphatic carbocycles. The molecule has 128 valence electrons. The van der Waals surface area contributed by atoms with Crippen molar-refractivity contribution in [1.29, 1.82) is 0 Å². The second-order valence-corrected chi connectivity index (χ2v) is 5.61. The van der Waals surface area contributed by atoms with Gasteiger partial charge in [0.15, 0.2) is 0 Å². The van der Waals surface area contributed by atoms with Crippen LogP contribution in [0, 0.1) is 0 Å². The summed E-state index contributed by atoms with van der Waals surface area (Å²) in [6.07, 6.45) is -2.78. The summed E-state index contributed by atoms with van der Waals surface area (Å²) >= 11 is 0. The Bertz CT molecular complexity index is 669. The van der Waals surface area contributed by atoms with Crippen molar-refractivity contribution in [3.8, 4) is 0 Å². The van der Waals surface area contributed by atoms with Gasteiger partial charge in [-0.15, -0.1) is 0 Å². The Morgan fingerprint density at radius 1 is 1.17 bits per heavy atom. The minimum atomic E-state index is -4.51. The Morgan fingerprint density at radius 2 is 1.83 bits per heavy atom. The molecular weight excluding hydrogens is 317 g/mol. The zero-order chi connectivity index (χ0) is 17.7. The third kappa shape index (κ3) is 4.34. The van der Waals surface area contributed by atoms with E-state index in [1.807, 2.05) is 44.2 Å². The Kier molecular flexibility index (Phi) is 5.59. The molecule has 0 aliphatic heterocycles. The molecule has 0 spiro atoms. The monoisotopic (exact) mass is 336 g/mol. The first-order chi connectivity index (χ1) is 11.3. The number of carbonyl (C=O) groups excluding carboxylic acids is 1. The van der Waals surface area contributed by atoms with E-state index in [0.717, 1.165) is 24.2 Å². The van der Waals surface area contributed by atoms with E-state index in [1.165, 1.54) is 6.07 Å². The van der Waals surface area contributed by atoms with E-state index in [-0.39, 0.29) is 17.5 Å². The van der Waals surface area contributed by atoms with Crippen molar-refractivity contribution in [3.05, 3.63) is 65.5 Å². The molecule has 24 heavy (non-hydrogen) atoms. The van der Waals surface area contributed by atoms with E-state index in [2.05, 4.69) is 4.98 Å². The maximum absolute atomic E-state index is 12.7. The zero-order valence-electron chi connectivity index (χ0n) is 13.5. The summed E-state index contributed by atoms with van der Waals surface area (Å²) in [5.74, 6) is -0.325. The van der Waals surface area contributed by atoms with Gasteiger partial charge in [-0.05, 0) is 31.0 Å². The molecule has 0 N–H and O–H groups in total. The minimum Gasteiger partial charge on any atom is -0.332 e. The predicted molar refractivity (Wildman–Crippen MR) is 85.3 cm³/mol. The van der Waals surface area contributed by atoms with Crippen LogP contribution in [0.25, 0.3) is 0 Å². The second kappa shape index (κ2) is 7.47. The third-order valence-electron chi connectivity index (χ3n) is 3.88. The van der Waals surface area contributed by atoms with E-state index in [4.69, 9.17) is 0 Å². The highest BCUT2D eigenvalue weighted by molar-refractivity contribution is 5.94. The van der Waals surface area contributed by atoms with Gasteiger partial charge in [0, 0.05) is 18.8 Å². The van der Waals surface area contributed by atoms with Crippen LogP contribution in [0.4, 0.5) is 13.2 Å². The number of benzene rings is 1. The first-order valence-electron chi connectivity index (χ1n) is 7.71. The SMILES string of the molecule is CCC(C)N(Cc1ccccc1)C(=O)c1ccc(C(F)(F)F)nc1. The number of hydrogen-bond donors (Lipinski definition) is 0. The van der Waals surface area contributed by atoms with Crippen molar-refractivity contribution < 1.29 is 18.0 Å². The summed E-state index contributed by atoms with van der Waals surface area (Å²) in [7, 11) is 0. The molecule has 0 saturated carbocycles. The fourth-order valence-corrected chi connectivity index (χ4v) is 2.28. The molecule has 0 radical (unpaired) electrons. The molecular formula is C18H19F3N2O. The standard InChI is InChI=1S/C18H19F3N2O/c1-3-13(2)23(12-14-7-5-4-6-8-14)17(24)15-9-10-16(22-11-15)18(19,20)21/h4-11,13H,3,12H2,1-2H3. The first kappa shape index (κ1) is 18.0. The van der Waals surface area contributed by atoms with E-state index < -0.39 is 11.9 Å². The number of alkyl halides is 3. The molecule has 6 heteroatoms. The van der Waals surface area contributed by atoms with Crippen LogP contribution in [-0.2, 0) is 12.7 Å². The summed E-state index contributed by atoms with van der Waals surface area (Å²) in [6.45, 7) is 4.27. The molecule has 1 heterocycles. The lowest BCUT2D eigenvalue weighted by atomic mass is 10.1. The van der Waals surface area contributed by atoms with E-state index in [1.54, 1.807) is 4.90 Å². The fourth-order valence-electron chi connectivity index (χ4n) is 2.28. The van der Waals surface area contributed by atoms with Crippen molar-refractivity contribution in [3.63, 3.8) is 0 Å². The van der Waals surface area contributed by atoms with Gasteiger partial charge in [-0.25, -0.2) is 0 Å². The molecule has 1 aromatic heterocycles. The van der Waals surface area contributed by atoms with Crippen LogP contribution >= 0.6 is 0 Å². The number of aromatic nitrogens is 1. The number of amides is 1. The van der Waals surface area contributed by atoms with Crippen LogP contribution in [0.2, 0.25) is 0 Å². The number of pyridine rings is 1. The Morgan fingerprint density at radius 3 is 2.33 bits per heavy atom. The summed E-state index contributed by atoms with van der Waals surface area (Å²) in [5, 5.41) is 0. The van der Waals surface area contributed by atoms with Crippen LogP contribution in [0.15, 0.2) is 48.7 Å². The van der Waals surface area contributed by atoms with Crippen molar-refractivity contribution in [2.24, 2.45) is 0 Å². The molecule has 1 atom stereocenters. The maximum atomic E-state index is 12.7. The van der Waals surface area contributed by atoms with Crippen molar-refractivity contribution in [2.75, 3.05) is 0 Å². The van der Waals surface area contributed by atoms with Crippen LogP contribution in [0.1, 0.15) is 41.9 Å². The van der Waals surface area contributed by atoms with Gasteiger partial charge in [0.25, 0.3) is 5.91 Å². The van der Waals surface area contributed by atoms with Gasteiger partial charge in [-0.2, -0.15) is 13.2 Å². The summed E-state index contributed by atoms with van der Waals surface area (Å²) in [4.78, 5) is 17.7. The van der Waals surface area contributed by atoms with Gasteiger partial charge in [0.1, 0.15) is 5.69 Å². The summed E-state index contributed by atoms with van der Waals surface area (Å²) in [5.41, 5.74) is 0.113. The average molecular weight is 336 g/mol. The van der Waals surface area contributed by atoms with Gasteiger partial charge in [-0.1, -0.05) is 37.3 Å². The Hall–Kier alpha value is -2.37. The highest BCUT2D eigenvalue weighted by Gasteiger charge is 2.32. The topological polar surface area (TPSA) is 33.2 Å². The summed E-state index contributed by atoms with van der Waals surface area (Å²) < 4.78 is 37.8. The Labute approximate surface area is 139 Å². The largest absolute Gasteiger partial charge is 0.433 e. The predicted octanol–water partition coefficient (Wildman–Crippen LogP) is 4.54. The van der Waals surface area contributed by atoms with Crippen LogP contribution in [0.3, 0.4) is 0 Å². The number of halogens is 3. The number of nitrogens with zero attached hydrogens (tertiary/aromatic N) is 2. The lowest BCUT2D eigenvalue weighted by molar-refractivity contribution is -0.141. The van der Waals surface area contributed by atoms with E-state index in [0.29, 0.717) is 6.54 Å². The van der Waals surface area contributed by atoms with E-state index >= 15 is 0 Å². The van der Waals surface area contributed by atoms with Crippen molar-refractivity contribution >= 4 is 5.91 Å². The normalized spacial score (nSPS) is 12.7. The quantitative estimate of drug-likeness (QED) is 0.803. The smallest absolute Gasteiger partial charge is 0.332 e. The second-order valence-electron chi connectivity index (χ2n) is 5.61. The van der Waals surface area contributed by atoms with E-state index in [9.17, 15) is 18.0 Å². The van der Waals surface area contributed by atoms with Crippen LogP contribution in [-0.4, -0.2) is 21.8 Å². The van der Waals surface area contributed by atoms with Crippen molar-refractivity contribution in [1.82, 2.24) is 9.88 Å². The summed E-state index contributed by atoms with van der Waals surface area (Å²) in [6, 6.07) is 11.5. The lowest BCUT2D eigenvalue weighted by Gasteiger charge is -2.29. The van der Waals surface area contributed by atoms with Gasteiger partial charge < -0.3 is 4.90 Å². The molecule has 0 aliphatic rings. The minimum absolute atomic E-state index is 0.0417. The van der Waals surface area contributed by atoms with Crippen molar-refractivity contribution in [2.45, 2.75) is 39.0 Å². The van der Waals surface area contributed by atoms with Gasteiger partial charge >= 0.3 is 6.18 Å². The maximum Gasteiger partial charge on any atom is 0.433 e. The van der Waals surface area contributed by atoms with Crippen LogP contribution in [0.5, 0.6) is 0 Å². The Balaban J connectivity index is 2.24. The number of carbonyl (C=O) groups is 1. The molecule has 0 bridgehead atoms. The molecule has 1 amide bonds. The highest BCUT2D eigenvalue weighted by Crippen LogP contribution is 2.27. The highest BCUT2D eigenvalue weighted by atomic mass is 19.4. The molecule has 1 aromatic carbocycles. The molecule has 2 aromatic rings. The number of hydrogen-bond acceptors (Lipinski definition) is 2. The van der Waals surface area contributed by atoms with Crippen LogP contribution < -0.4 is 0 Å². The average Bonchev–Trinajstić information content (AvgIpc) is 2.58. The number of rotatable bonds is 5. The molecule has 2 rings (SSSR count). The van der Waals surface area contributed by atoms with Gasteiger partial charge in [0.2, 0.25) is 0 Å². The lowest BCUT2D eigenvalue weighted by Crippen LogP contribution is -2.37. The third-order valence-corrected chi connectivity index (χ3v) is 3.88. The molecule has 0 fully saturated rings. The van der Waals surface area contributed by atoms with Gasteiger partial charge in [-0.3, -0.25) is 9.78 Å². The molecule has 0 saturated heterocycles. The first-order valence-corrected chi connectivity index (χ1v) is 7.71.